The molecule has 2 aromatic rings. The third kappa shape index (κ3) is 3.99. The quantitative estimate of drug-likeness (QED) is 0.708. The third-order valence-corrected chi connectivity index (χ3v) is 7.73. The summed E-state index contributed by atoms with van der Waals surface area (Å²) in [7, 11) is 3.73. The summed E-state index contributed by atoms with van der Waals surface area (Å²) in [6.07, 6.45) is 3.40. The zero-order valence-electron chi connectivity index (χ0n) is 16.7. The van der Waals surface area contributed by atoms with E-state index in [2.05, 4.69) is 22.2 Å². The van der Waals surface area contributed by atoms with E-state index in [0.29, 0.717) is 22.9 Å². The minimum Gasteiger partial charge on any atom is -0.496 e. The summed E-state index contributed by atoms with van der Waals surface area (Å²) in [5.41, 5.74) is 1.89. The van der Waals surface area contributed by atoms with Crippen LogP contribution in [0.4, 0.5) is 5.13 Å². The zero-order chi connectivity index (χ0) is 20.6. The van der Waals surface area contributed by atoms with Crippen LogP contribution in [-0.2, 0) is 4.79 Å². The van der Waals surface area contributed by atoms with E-state index in [1.807, 2.05) is 24.0 Å². The van der Waals surface area contributed by atoms with Gasteiger partial charge >= 0.3 is 0 Å². The number of anilines is 1. The van der Waals surface area contributed by atoms with Gasteiger partial charge in [0.1, 0.15) is 5.75 Å². The molecular formula is C20H24N4O3S2. The van der Waals surface area contributed by atoms with Crippen molar-refractivity contribution in [2.75, 3.05) is 45.7 Å². The summed E-state index contributed by atoms with van der Waals surface area (Å²) >= 11 is 2.94. The van der Waals surface area contributed by atoms with Crippen LogP contribution in [0, 0.1) is 12.3 Å². The molecule has 2 aliphatic heterocycles. The summed E-state index contributed by atoms with van der Waals surface area (Å²) in [5.74, 6) is 0.638. The number of methoxy groups -OCH3 is 1. The first-order valence-electron chi connectivity index (χ1n) is 9.43. The number of aromatic nitrogens is 1. The molecule has 0 aliphatic carbocycles. The summed E-state index contributed by atoms with van der Waals surface area (Å²) < 4.78 is 6.48. The van der Waals surface area contributed by atoms with E-state index < -0.39 is 0 Å². The fraction of sp³-hybridized carbons (Fsp3) is 0.450. The maximum absolute atomic E-state index is 13.3. The molecule has 29 heavy (non-hydrogen) atoms. The van der Waals surface area contributed by atoms with Crippen LogP contribution in [0.1, 0.15) is 22.3 Å². The van der Waals surface area contributed by atoms with Crippen LogP contribution < -0.4 is 10.1 Å². The number of nitrogens with zero attached hydrogens (tertiary/aromatic N) is 3. The fourth-order valence-corrected chi connectivity index (χ4v) is 6.18. The molecule has 0 saturated carbocycles. The summed E-state index contributed by atoms with van der Waals surface area (Å²) in [4.78, 5) is 33.3. The largest absolute Gasteiger partial charge is 0.496 e. The summed E-state index contributed by atoms with van der Waals surface area (Å²) in [6.45, 7) is 5.73. The van der Waals surface area contributed by atoms with Gasteiger partial charge in [-0.15, -0.1) is 0 Å². The molecule has 9 heteroatoms. The maximum atomic E-state index is 13.3. The average Bonchev–Trinajstić information content (AvgIpc) is 3.30. The molecule has 0 radical (unpaired) electrons. The van der Waals surface area contributed by atoms with Gasteiger partial charge in [-0.1, -0.05) is 23.1 Å². The molecule has 2 amide bonds. The van der Waals surface area contributed by atoms with Crippen LogP contribution in [-0.4, -0.2) is 67.4 Å². The van der Waals surface area contributed by atoms with Gasteiger partial charge in [-0.25, -0.2) is 4.98 Å². The van der Waals surface area contributed by atoms with Crippen molar-refractivity contribution in [1.82, 2.24) is 14.8 Å². The van der Waals surface area contributed by atoms with E-state index in [9.17, 15) is 9.59 Å². The number of carbonyl (C=O) groups is 2. The number of aryl methyl sites for hydroxylation is 1. The minimum atomic E-state index is 0.0303. The number of benzene rings is 1. The number of ether oxygens (including phenoxy) is 1. The second kappa shape index (κ2) is 7.97. The molecule has 0 atom stereocenters. The molecule has 1 aromatic carbocycles. The molecule has 1 N–H and O–H groups in total. The number of likely N-dealkylation sites (tertiary alicyclic amines) is 2. The Kier molecular flexibility index (Phi) is 5.54. The Morgan fingerprint density at radius 1 is 1.38 bits per heavy atom. The molecule has 2 saturated heterocycles. The van der Waals surface area contributed by atoms with Gasteiger partial charge in [-0.3, -0.25) is 9.59 Å². The van der Waals surface area contributed by atoms with Crippen LogP contribution in [0.15, 0.2) is 27.4 Å². The molecule has 0 bridgehead atoms. The fourth-order valence-electron chi connectivity index (χ4n) is 4.28. The lowest BCUT2D eigenvalue weighted by atomic mass is 9.79. The number of rotatable bonds is 6. The standard InChI is InChI=1S/C20H24N4O3S2/c1-13-6-15(27-3)14(7-16(13)28-17-8-21-19(29-17)22-12-25)18(26)24-5-4-20(11-24)9-23(2)10-20/h6-8,12H,4-5,9-11H2,1-3H3,(H,21,22,25). The van der Waals surface area contributed by atoms with Gasteiger partial charge in [0.05, 0.1) is 23.1 Å². The van der Waals surface area contributed by atoms with Crippen LogP contribution in [0.5, 0.6) is 5.75 Å². The maximum Gasteiger partial charge on any atom is 0.257 e. The lowest BCUT2D eigenvalue weighted by Gasteiger charge is -2.46. The van der Waals surface area contributed by atoms with E-state index in [0.717, 1.165) is 47.3 Å². The number of amides is 2. The van der Waals surface area contributed by atoms with Crippen molar-refractivity contribution < 1.29 is 14.3 Å². The Morgan fingerprint density at radius 2 is 2.17 bits per heavy atom. The molecule has 4 rings (SSSR count). The molecule has 1 aromatic heterocycles. The van der Waals surface area contributed by atoms with E-state index in [1.54, 1.807) is 13.3 Å². The molecule has 2 aliphatic rings. The van der Waals surface area contributed by atoms with Gasteiger partial charge in [-0.05, 0) is 38.1 Å². The molecule has 0 unspecified atom stereocenters. The van der Waals surface area contributed by atoms with Crippen molar-refractivity contribution in [1.29, 1.82) is 0 Å². The number of nitrogens with one attached hydrogen (secondary N) is 1. The molecule has 1 spiro atoms. The van der Waals surface area contributed by atoms with Crippen molar-refractivity contribution in [3.63, 3.8) is 0 Å². The zero-order valence-corrected chi connectivity index (χ0v) is 18.4. The Balaban J connectivity index is 1.56. The van der Waals surface area contributed by atoms with E-state index in [1.165, 1.54) is 23.1 Å². The average molecular weight is 433 g/mol. The highest BCUT2D eigenvalue weighted by atomic mass is 32.2. The van der Waals surface area contributed by atoms with Crippen LogP contribution >= 0.6 is 23.1 Å². The first-order chi connectivity index (χ1) is 13.9. The van der Waals surface area contributed by atoms with Gasteiger partial charge in [0.25, 0.3) is 5.91 Å². The SMILES string of the molecule is COc1cc(C)c(Sc2cnc(NC=O)s2)cc1C(=O)N1CCC2(CN(C)C2)C1. The van der Waals surface area contributed by atoms with Gasteiger partial charge in [-0.2, -0.15) is 0 Å². The normalized spacial score (nSPS) is 18.0. The lowest BCUT2D eigenvalue weighted by Crippen LogP contribution is -2.55. The van der Waals surface area contributed by atoms with Gasteiger partial charge in [0.2, 0.25) is 6.41 Å². The smallest absolute Gasteiger partial charge is 0.257 e. The number of thiazole rings is 1. The van der Waals surface area contributed by atoms with Gasteiger partial charge in [0, 0.05) is 36.5 Å². The molecule has 2 fully saturated rings. The Labute approximate surface area is 178 Å². The van der Waals surface area contributed by atoms with Crippen molar-refractivity contribution in [3.05, 3.63) is 29.5 Å². The monoisotopic (exact) mass is 432 g/mol. The number of hydrogen-bond acceptors (Lipinski definition) is 7. The van der Waals surface area contributed by atoms with Crippen LogP contribution in [0.3, 0.4) is 0 Å². The molecular weight excluding hydrogens is 408 g/mol. The highest BCUT2D eigenvalue weighted by molar-refractivity contribution is 8.01. The first kappa shape index (κ1) is 20.2. The van der Waals surface area contributed by atoms with E-state index >= 15 is 0 Å². The highest BCUT2D eigenvalue weighted by Crippen LogP contribution is 2.41. The Bertz CT molecular complexity index is 940. The van der Waals surface area contributed by atoms with Gasteiger partial charge < -0.3 is 19.9 Å². The van der Waals surface area contributed by atoms with Crippen molar-refractivity contribution in [2.45, 2.75) is 22.4 Å². The van der Waals surface area contributed by atoms with Crippen LogP contribution in [0.25, 0.3) is 0 Å². The predicted octanol–water partition coefficient (Wildman–Crippen LogP) is 2.96. The van der Waals surface area contributed by atoms with Crippen LogP contribution in [0.2, 0.25) is 0 Å². The van der Waals surface area contributed by atoms with Crippen molar-refractivity contribution in [2.24, 2.45) is 5.41 Å². The second-order valence-corrected chi connectivity index (χ2v) is 10.2. The predicted molar refractivity (Wildman–Crippen MR) is 114 cm³/mol. The highest BCUT2D eigenvalue weighted by Gasteiger charge is 2.47. The number of carbonyl (C=O) groups excluding carboxylic acids is 2. The first-order valence-corrected chi connectivity index (χ1v) is 11.1. The minimum absolute atomic E-state index is 0.0303. The molecule has 154 valence electrons. The Hall–Kier alpha value is -2.10. The van der Waals surface area contributed by atoms with Gasteiger partial charge in [0.15, 0.2) is 5.13 Å². The van der Waals surface area contributed by atoms with Crippen molar-refractivity contribution in [3.8, 4) is 5.75 Å². The molecule has 3 heterocycles. The topological polar surface area (TPSA) is 74.8 Å². The Morgan fingerprint density at radius 3 is 2.86 bits per heavy atom. The van der Waals surface area contributed by atoms with E-state index in [4.69, 9.17) is 4.74 Å². The summed E-state index contributed by atoms with van der Waals surface area (Å²) in [6, 6.07) is 3.84. The van der Waals surface area contributed by atoms with E-state index in [-0.39, 0.29) is 11.3 Å². The summed E-state index contributed by atoms with van der Waals surface area (Å²) in [5, 5.41) is 3.12. The third-order valence-electron chi connectivity index (χ3n) is 5.54. The number of hydrogen-bond donors (Lipinski definition) is 1. The molecule has 7 nitrogen and oxygen atoms in total. The van der Waals surface area contributed by atoms with Crippen molar-refractivity contribution >= 4 is 40.5 Å². The second-order valence-electron chi connectivity index (χ2n) is 7.82. The lowest BCUT2D eigenvalue weighted by molar-refractivity contribution is -0.105.